The first-order valence-electron chi connectivity index (χ1n) is 10.0. The minimum Gasteiger partial charge on any atom is -0.324 e. The van der Waals surface area contributed by atoms with Crippen LogP contribution in [0.3, 0.4) is 0 Å². The minimum absolute atomic E-state index is 0. The molecule has 3 amide bonds. The van der Waals surface area contributed by atoms with Crippen LogP contribution in [0.4, 0.5) is 20.6 Å². The fraction of sp³-hybridized carbons (Fsp3) is 0.364. The van der Waals surface area contributed by atoms with Gasteiger partial charge < -0.3 is 20.9 Å². The zero-order chi connectivity index (χ0) is 20.2. The standard InChI is InChI=1S/C22H25FN4O2.ClH/c23-20-18-10-11-24-13-15(18)8-9-19(20)26-21(28)16-5-4-12-27(14-16)22(29)25-17-6-2-1-3-7-17;/h1-3,6-9,16,24H,4-5,10-14H2,(H,25,29)(H,26,28);1H. The Labute approximate surface area is 181 Å². The average molecular weight is 433 g/mol. The van der Waals surface area contributed by atoms with Crippen molar-refractivity contribution >= 4 is 35.7 Å². The van der Waals surface area contributed by atoms with Crippen LogP contribution in [-0.4, -0.2) is 36.5 Å². The quantitative estimate of drug-likeness (QED) is 0.691. The number of hydrogen-bond donors (Lipinski definition) is 3. The first kappa shape index (κ1) is 22.1. The smallest absolute Gasteiger partial charge is 0.321 e. The van der Waals surface area contributed by atoms with Gasteiger partial charge in [0.25, 0.3) is 0 Å². The summed E-state index contributed by atoms with van der Waals surface area (Å²) in [6.07, 6.45) is 2.03. The van der Waals surface area contributed by atoms with Crippen molar-refractivity contribution in [2.45, 2.75) is 25.8 Å². The normalized spacial score (nSPS) is 18.0. The second-order valence-electron chi connectivity index (χ2n) is 7.56. The summed E-state index contributed by atoms with van der Waals surface area (Å²) in [5, 5.41) is 8.82. The number of piperidine rings is 1. The van der Waals surface area contributed by atoms with Crippen molar-refractivity contribution in [3.63, 3.8) is 0 Å². The number of fused-ring (bicyclic) bond motifs is 1. The first-order chi connectivity index (χ1) is 14.1. The van der Waals surface area contributed by atoms with E-state index in [1.807, 2.05) is 36.4 Å². The summed E-state index contributed by atoms with van der Waals surface area (Å²) in [5.74, 6) is -0.941. The Morgan fingerprint density at radius 3 is 2.70 bits per heavy atom. The number of nitrogens with one attached hydrogen (secondary N) is 3. The van der Waals surface area contributed by atoms with Gasteiger partial charge in [0.2, 0.25) is 5.91 Å². The summed E-state index contributed by atoms with van der Waals surface area (Å²) >= 11 is 0. The summed E-state index contributed by atoms with van der Waals surface area (Å²) in [7, 11) is 0. The molecule has 1 fully saturated rings. The number of benzene rings is 2. The molecule has 0 aliphatic carbocycles. The Morgan fingerprint density at radius 1 is 1.10 bits per heavy atom. The molecule has 6 nitrogen and oxygen atoms in total. The number of hydrogen-bond acceptors (Lipinski definition) is 3. The largest absolute Gasteiger partial charge is 0.324 e. The van der Waals surface area contributed by atoms with Gasteiger partial charge in [-0.15, -0.1) is 12.4 Å². The summed E-state index contributed by atoms with van der Waals surface area (Å²) in [6, 6.07) is 12.5. The number of likely N-dealkylation sites (tertiary alicyclic amines) is 1. The highest BCUT2D eigenvalue weighted by atomic mass is 35.5. The predicted octanol–water partition coefficient (Wildman–Crippen LogP) is 3.78. The van der Waals surface area contributed by atoms with Crippen LogP contribution in [-0.2, 0) is 17.8 Å². The molecule has 1 unspecified atom stereocenters. The van der Waals surface area contributed by atoms with E-state index in [9.17, 15) is 14.0 Å². The van der Waals surface area contributed by atoms with Crippen LogP contribution in [0.5, 0.6) is 0 Å². The van der Waals surface area contributed by atoms with E-state index in [-0.39, 0.29) is 41.8 Å². The molecule has 160 valence electrons. The number of nitrogens with zero attached hydrogens (tertiary/aromatic N) is 1. The van der Waals surface area contributed by atoms with E-state index >= 15 is 0 Å². The third-order valence-electron chi connectivity index (χ3n) is 5.57. The number of carbonyl (C=O) groups is 2. The van der Waals surface area contributed by atoms with Crippen molar-refractivity contribution in [1.29, 1.82) is 0 Å². The lowest BCUT2D eigenvalue weighted by Crippen LogP contribution is -2.45. The molecule has 2 heterocycles. The molecule has 2 aliphatic rings. The van der Waals surface area contributed by atoms with Gasteiger partial charge in [0, 0.05) is 25.3 Å². The van der Waals surface area contributed by atoms with E-state index in [0.717, 1.165) is 24.2 Å². The lowest BCUT2D eigenvalue weighted by Gasteiger charge is -2.32. The van der Waals surface area contributed by atoms with Crippen molar-refractivity contribution in [2.24, 2.45) is 5.92 Å². The van der Waals surface area contributed by atoms with Crippen LogP contribution in [0, 0.1) is 11.7 Å². The first-order valence-corrected chi connectivity index (χ1v) is 10.0. The summed E-state index contributed by atoms with van der Waals surface area (Å²) in [6.45, 7) is 2.30. The van der Waals surface area contributed by atoms with E-state index < -0.39 is 0 Å². The Bertz CT molecular complexity index is 910. The fourth-order valence-corrected chi connectivity index (χ4v) is 3.96. The molecule has 0 bridgehead atoms. The molecule has 0 saturated carbocycles. The lowest BCUT2D eigenvalue weighted by molar-refractivity contribution is -0.121. The highest BCUT2D eigenvalue weighted by Gasteiger charge is 2.29. The second kappa shape index (κ2) is 9.91. The molecular weight excluding hydrogens is 407 g/mol. The zero-order valence-corrected chi connectivity index (χ0v) is 17.4. The van der Waals surface area contributed by atoms with Gasteiger partial charge >= 0.3 is 6.03 Å². The second-order valence-corrected chi connectivity index (χ2v) is 7.56. The topological polar surface area (TPSA) is 73.5 Å². The molecule has 0 radical (unpaired) electrons. The number of para-hydroxylation sites is 1. The highest BCUT2D eigenvalue weighted by molar-refractivity contribution is 5.94. The third kappa shape index (κ3) is 4.91. The predicted molar refractivity (Wildman–Crippen MR) is 117 cm³/mol. The van der Waals surface area contributed by atoms with E-state index in [1.165, 1.54) is 0 Å². The number of urea groups is 1. The van der Waals surface area contributed by atoms with E-state index in [4.69, 9.17) is 0 Å². The van der Waals surface area contributed by atoms with Crippen molar-refractivity contribution in [3.05, 3.63) is 59.4 Å². The maximum Gasteiger partial charge on any atom is 0.321 e. The van der Waals surface area contributed by atoms with E-state index in [0.29, 0.717) is 38.0 Å². The molecule has 1 saturated heterocycles. The van der Waals surface area contributed by atoms with E-state index in [2.05, 4.69) is 16.0 Å². The van der Waals surface area contributed by atoms with Crippen LogP contribution in [0.1, 0.15) is 24.0 Å². The van der Waals surface area contributed by atoms with Crippen LogP contribution in [0.2, 0.25) is 0 Å². The SMILES string of the molecule is Cl.O=C(Nc1ccc2c(c1F)CCNC2)C1CCCN(C(=O)Nc2ccccc2)C1. The molecular formula is C22H26ClFN4O2. The molecule has 2 aromatic rings. The molecule has 1 atom stereocenters. The minimum atomic E-state index is -0.359. The Balaban J connectivity index is 0.00000256. The van der Waals surface area contributed by atoms with Gasteiger partial charge in [-0.2, -0.15) is 0 Å². The molecule has 3 N–H and O–H groups in total. The lowest BCUT2D eigenvalue weighted by atomic mass is 9.96. The van der Waals surface area contributed by atoms with Gasteiger partial charge in [-0.1, -0.05) is 24.3 Å². The maximum absolute atomic E-state index is 14.8. The van der Waals surface area contributed by atoms with Crippen molar-refractivity contribution < 1.29 is 14.0 Å². The van der Waals surface area contributed by atoms with Gasteiger partial charge in [-0.3, -0.25) is 4.79 Å². The van der Waals surface area contributed by atoms with Crippen LogP contribution in [0.15, 0.2) is 42.5 Å². The third-order valence-corrected chi connectivity index (χ3v) is 5.57. The van der Waals surface area contributed by atoms with Gasteiger partial charge in [0.1, 0.15) is 5.82 Å². The number of amides is 3. The summed E-state index contributed by atoms with van der Waals surface area (Å²) < 4.78 is 14.8. The van der Waals surface area contributed by atoms with Crippen molar-refractivity contribution in [1.82, 2.24) is 10.2 Å². The van der Waals surface area contributed by atoms with E-state index in [1.54, 1.807) is 11.0 Å². The number of anilines is 2. The molecule has 0 aromatic heterocycles. The van der Waals surface area contributed by atoms with Crippen LogP contribution >= 0.6 is 12.4 Å². The monoisotopic (exact) mass is 432 g/mol. The molecule has 4 rings (SSSR count). The summed E-state index contributed by atoms with van der Waals surface area (Å²) in [5.41, 5.74) is 2.55. The molecule has 2 aliphatic heterocycles. The van der Waals surface area contributed by atoms with Gasteiger partial charge in [0.05, 0.1) is 11.6 Å². The summed E-state index contributed by atoms with van der Waals surface area (Å²) in [4.78, 5) is 26.9. The van der Waals surface area contributed by atoms with Gasteiger partial charge in [-0.05, 0) is 55.1 Å². The molecule has 0 spiro atoms. The maximum atomic E-state index is 14.8. The Kier molecular flexibility index (Phi) is 7.29. The number of halogens is 2. The van der Waals surface area contributed by atoms with Crippen molar-refractivity contribution in [3.8, 4) is 0 Å². The number of carbonyl (C=O) groups excluding carboxylic acids is 2. The van der Waals surface area contributed by atoms with Gasteiger partial charge in [0.15, 0.2) is 0 Å². The van der Waals surface area contributed by atoms with Crippen LogP contribution < -0.4 is 16.0 Å². The van der Waals surface area contributed by atoms with Gasteiger partial charge in [-0.25, -0.2) is 9.18 Å². The average Bonchev–Trinajstić information content (AvgIpc) is 2.76. The Hall–Kier alpha value is -2.64. The highest BCUT2D eigenvalue weighted by Crippen LogP contribution is 2.26. The number of rotatable bonds is 3. The van der Waals surface area contributed by atoms with Crippen molar-refractivity contribution in [2.75, 3.05) is 30.3 Å². The molecule has 2 aromatic carbocycles. The fourth-order valence-electron chi connectivity index (χ4n) is 3.96. The Morgan fingerprint density at radius 2 is 1.90 bits per heavy atom. The molecule has 30 heavy (non-hydrogen) atoms. The zero-order valence-electron chi connectivity index (χ0n) is 16.6. The van der Waals surface area contributed by atoms with Crippen LogP contribution in [0.25, 0.3) is 0 Å². The molecule has 8 heteroatoms.